The predicted molar refractivity (Wildman–Crippen MR) is 66.3 cm³/mol. The second kappa shape index (κ2) is 6.11. The monoisotopic (exact) mass is 226 g/mol. The van der Waals surface area contributed by atoms with Crippen LogP contribution in [0.1, 0.15) is 24.4 Å². The molecule has 15 heavy (non-hydrogen) atoms. The highest BCUT2D eigenvalue weighted by molar-refractivity contribution is 5.85. The molecule has 0 amide bonds. The third-order valence-corrected chi connectivity index (χ3v) is 2.88. The van der Waals surface area contributed by atoms with Gasteiger partial charge >= 0.3 is 0 Å². The summed E-state index contributed by atoms with van der Waals surface area (Å²) in [6.07, 6.45) is 2.67. The van der Waals surface area contributed by atoms with Crippen molar-refractivity contribution in [2.24, 2.45) is 5.73 Å². The largest absolute Gasteiger partial charge is 0.323 e. The fourth-order valence-electron chi connectivity index (χ4n) is 2.05. The average molecular weight is 227 g/mol. The molecule has 0 saturated carbocycles. The summed E-state index contributed by atoms with van der Waals surface area (Å²) in [7, 11) is 0. The minimum Gasteiger partial charge on any atom is -0.323 e. The molecule has 2 nitrogen and oxygen atoms in total. The molecular weight excluding hydrogens is 208 g/mol. The van der Waals surface area contributed by atoms with Gasteiger partial charge in [0.25, 0.3) is 0 Å². The van der Waals surface area contributed by atoms with Crippen LogP contribution in [0.25, 0.3) is 0 Å². The Morgan fingerprint density at radius 3 is 2.33 bits per heavy atom. The van der Waals surface area contributed by atoms with Gasteiger partial charge in [-0.3, -0.25) is 0 Å². The highest BCUT2D eigenvalue weighted by Gasteiger charge is 2.15. The second-order valence-corrected chi connectivity index (χ2v) is 4.02. The molecule has 0 spiro atoms. The Bertz CT molecular complexity index is 270. The number of rotatable bonds is 3. The summed E-state index contributed by atoms with van der Waals surface area (Å²) >= 11 is 0. The van der Waals surface area contributed by atoms with Crippen LogP contribution in [-0.2, 0) is 0 Å². The smallest absolute Gasteiger partial charge is 0.0424 e. The van der Waals surface area contributed by atoms with E-state index in [2.05, 4.69) is 29.2 Å². The Kier molecular flexibility index (Phi) is 5.09. The lowest BCUT2D eigenvalue weighted by atomic mass is 10.1. The molecule has 0 radical (unpaired) electrons. The molecule has 1 heterocycles. The zero-order valence-electron chi connectivity index (χ0n) is 8.93. The van der Waals surface area contributed by atoms with Crippen molar-refractivity contribution >= 4 is 12.4 Å². The molecular formula is C12H19ClN2. The van der Waals surface area contributed by atoms with Crippen LogP contribution in [0.2, 0.25) is 0 Å². The van der Waals surface area contributed by atoms with E-state index >= 15 is 0 Å². The molecule has 1 aliphatic rings. The van der Waals surface area contributed by atoms with Gasteiger partial charge in [0.1, 0.15) is 0 Å². The average Bonchev–Trinajstić information content (AvgIpc) is 2.72. The lowest BCUT2D eigenvalue weighted by Gasteiger charge is -2.20. The van der Waals surface area contributed by atoms with Crippen LogP contribution < -0.4 is 5.73 Å². The maximum absolute atomic E-state index is 6.13. The molecule has 0 unspecified atom stereocenters. The Morgan fingerprint density at radius 2 is 1.73 bits per heavy atom. The molecule has 1 saturated heterocycles. The molecule has 1 aliphatic heterocycles. The topological polar surface area (TPSA) is 29.3 Å². The molecule has 1 aromatic carbocycles. The zero-order chi connectivity index (χ0) is 9.80. The van der Waals surface area contributed by atoms with Crippen molar-refractivity contribution in [3.63, 3.8) is 0 Å². The predicted octanol–water partition coefficient (Wildman–Crippen LogP) is 2.20. The summed E-state index contributed by atoms with van der Waals surface area (Å²) in [5.74, 6) is 0. The van der Waals surface area contributed by atoms with Crippen LogP contribution in [-0.4, -0.2) is 24.5 Å². The number of benzene rings is 1. The zero-order valence-corrected chi connectivity index (χ0v) is 9.75. The van der Waals surface area contributed by atoms with Gasteiger partial charge in [-0.2, -0.15) is 0 Å². The SMILES string of the molecule is Cl.N[C@H](CN1CCCC1)c1ccccc1. The summed E-state index contributed by atoms with van der Waals surface area (Å²) in [6.45, 7) is 3.45. The van der Waals surface area contributed by atoms with E-state index in [1.54, 1.807) is 0 Å². The van der Waals surface area contributed by atoms with Gasteiger partial charge in [-0.1, -0.05) is 30.3 Å². The van der Waals surface area contributed by atoms with E-state index in [-0.39, 0.29) is 18.4 Å². The van der Waals surface area contributed by atoms with Crippen LogP contribution in [0.3, 0.4) is 0 Å². The third-order valence-electron chi connectivity index (χ3n) is 2.88. The Morgan fingerprint density at radius 1 is 1.13 bits per heavy atom. The van der Waals surface area contributed by atoms with Gasteiger partial charge in [0.05, 0.1) is 0 Å². The van der Waals surface area contributed by atoms with Crippen molar-refractivity contribution in [2.75, 3.05) is 19.6 Å². The number of halogens is 1. The van der Waals surface area contributed by atoms with Crippen molar-refractivity contribution in [1.82, 2.24) is 4.90 Å². The van der Waals surface area contributed by atoms with Crippen LogP contribution in [0, 0.1) is 0 Å². The first kappa shape index (κ1) is 12.5. The molecule has 3 heteroatoms. The highest BCUT2D eigenvalue weighted by Crippen LogP contribution is 2.14. The van der Waals surface area contributed by atoms with E-state index < -0.39 is 0 Å². The van der Waals surface area contributed by atoms with Crippen molar-refractivity contribution in [1.29, 1.82) is 0 Å². The Labute approximate surface area is 97.9 Å². The lowest BCUT2D eigenvalue weighted by Crippen LogP contribution is -2.29. The normalized spacial score (nSPS) is 18.5. The Hall–Kier alpha value is -0.570. The molecule has 84 valence electrons. The third kappa shape index (κ3) is 3.49. The van der Waals surface area contributed by atoms with Crippen LogP contribution in [0.5, 0.6) is 0 Å². The molecule has 1 atom stereocenters. The maximum atomic E-state index is 6.13. The van der Waals surface area contributed by atoms with Gasteiger partial charge in [-0.15, -0.1) is 12.4 Å². The summed E-state index contributed by atoms with van der Waals surface area (Å²) in [5.41, 5.74) is 7.38. The van der Waals surface area contributed by atoms with Crippen molar-refractivity contribution in [3.05, 3.63) is 35.9 Å². The number of nitrogens with zero attached hydrogens (tertiary/aromatic N) is 1. The number of hydrogen-bond acceptors (Lipinski definition) is 2. The molecule has 2 N–H and O–H groups in total. The fourth-order valence-corrected chi connectivity index (χ4v) is 2.05. The summed E-state index contributed by atoms with van der Waals surface area (Å²) in [5, 5.41) is 0. The highest BCUT2D eigenvalue weighted by atomic mass is 35.5. The minimum atomic E-state index is 0. The number of hydrogen-bond donors (Lipinski definition) is 1. The first-order valence-electron chi connectivity index (χ1n) is 5.39. The van der Waals surface area contributed by atoms with Crippen LogP contribution in [0.4, 0.5) is 0 Å². The number of likely N-dealkylation sites (tertiary alicyclic amines) is 1. The van der Waals surface area contributed by atoms with Gasteiger partial charge in [0, 0.05) is 12.6 Å². The molecule has 0 bridgehead atoms. The summed E-state index contributed by atoms with van der Waals surface area (Å²) < 4.78 is 0. The van der Waals surface area contributed by atoms with E-state index in [0.717, 1.165) is 6.54 Å². The Balaban J connectivity index is 0.00000112. The van der Waals surface area contributed by atoms with E-state index in [9.17, 15) is 0 Å². The van der Waals surface area contributed by atoms with E-state index in [1.165, 1.54) is 31.5 Å². The number of nitrogens with two attached hydrogens (primary N) is 1. The van der Waals surface area contributed by atoms with Gasteiger partial charge in [0.2, 0.25) is 0 Å². The molecule has 1 aromatic rings. The van der Waals surface area contributed by atoms with Crippen LogP contribution in [0.15, 0.2) is 30.3 Å². The van der Waals surface area contributed by atoms with Gasteiger partial charge in [-0.05, 0) is 31.5 Å². The summed E-state index contributed by atoms with van der Waals surface area (Å²) in [4.78, 5) is 2.46. The van der Waals surface area contributed by atoms with Crippen molar-refractivity contribution in [2.45, 2.75) is 18.9 Å². The summed E-state index contributed by atoms with van der Waals surface area (Å²) in [6, 6.07) is 10.5. The van der Waals surface area contributed by atoms with Crippen molar-refractivity contribution in [3.8, 4) is 0 Å². The van der Waals surface area contributed by atoms with E-state index in [0.29, 0.717) is 0 Å². The quantitative estimate of drug-likeness (QED) is 0.857. The lowest BCUT2D eigenvalue weighted by molar-refractivity contribution is 0.316. The van der Waals surface area contributed by atoms with Crippen LogP contribution >= 0.6 is 12.4 Å². The van der Waals surface area contributed by atoms with Gasteiger partial charge < -0.3 is 10.6 Å². The molecule has 0 aliphatic carbocycles. The van der Waals surface area contributed by atoms with Gasteiger partial charge in [0.15, 0.2) is 0 Å². The first-order chi connectivity index (χ1) is 6.86. The molecule has 1 fully saturated rings. The fraction of sp³-hybridized carbons (Fsp3) is 0.500. The molecule has 0 aromatic heterocycles. The maximum Gasteiger partial charge on any atom is 0.0424 e. The first-order valence-corrected chi connectivity index (χ1v) is 5.39. The van der Waals surface area contributed by atoms with E-state index in [1.807, 2.05) is 6.07 Å². The second-order valence-electron chi connectivity index (χ2n) is 4.02. The molecule has 2 rings (SSSR count). The van der Waals surface area contributed by atoms with E-state index in [4.69, 9.17) is 5.73 Å². The van der Waals surface area contributed by atoms with Crippen molar-refractivity contribution < 1.29 is 0 Å². The van der Waals surface area contributed by atoms with Gasteiger partial charge in [-0.25, -0.2) is 0 Å². The standard InChI is InChI=1S/C12H18N2.ClH/c13-12(10-14-8-4-5-9-14)11-6-2-1-3-7-11;/h1-3,6-7,12H,4-5,8-10,13H2;1H/t12-;/m1./s1. The minimum absolute atomic E-state index is 0.